The maximum absolute atomic E-state index is 13.4. The fourth-order valence-corrected chi connectivity index (χ4v) is 4.95. The van der Waals surface area contributed by atoms with Crippen molar-refractivity contribution in [2.45, 2.75) is 65.0 Å². The van der Waals surface area contributed by atoms with E-state index in [0.717, 1.165) is 25.7 Å². The van der Waals surface area contributed by atoms with Gasteiger partial charge in [-0.05, 0) is 32.1 Å². The van der Waals surface area contributed by atoms with Crippen molar-refractivity contribution in [1.82, 2.24) is 15.5 Å². The number of hydrogen-bond acceptors (Lipinski definition) is 4. The van der Waals surface area contributed by atoms with Gasteiger partial charge in [0.15, 0.2) is 0 Å². The summed E-state index contributed by atoms with van der Waals surface area (Å²) in [5.74, 6) is -1.79. The molecule has 29 heavy (non-hydrogen) atoms. The SMILES string of the molecule is CCCC(C)NC(=O)[C@@H]1[C@H]2C=C[C@@H](CCC)[C@@H](C(=O)NC)[C@H]2C(=O)N1CCCO. The summed E-state index contributed by atoms with van der Waals surface area (Å²) >= 11 is 0. The quantitative estimate of drug-likeness (QED) is 0.478. The highest BCUT2D eigenvalue weighted by Gasteiger charge is 2.56. The number of amides is 3. The number of carbonyl (C=O) groups is 3. The van der Waals surface area contributed by atoms with Crippen LogP contribution in [0.2, 0.25) is 0 Å². The summed E-state index contributed by atoms with van der Waals surface area (Å²) in [6.45, 7) is 6.37. The van der Waals surface area contributed by atoms with Crippen LogP contribution in [0.4, 0.5) is 0 Å². The average molecular weight is 408 g/mol. The first kappa shape index (κ1) is 23.4. The van der Waals surface area contributed by atoms with E-state index in [9.17, 15) is 19.5 Å². The van der Waals surface area contributed by atoms with E-state index in [4.69, 9.17) is 0 Å². The maximum atomic E-state index is 13.4. The molecule has 3 N–H and O–H groups in total. The van der Waals surface area contributed by atoms with Crippen molar-refractivity contribution in [3.05, 3.63) is 12.2 Å². The molecule has 1 aliphatic heterocycles. The fraction of sp³-hybridized carbons (Fsp3) is 0.773. The smallest absolute Gasteiger partial charge is 0.243 e. The summed E-state index contributed by atoms with van der Waals surface area (Å²) in [5, 5.41) is 15.1. The number of rotatable bonds is 10. The van der Waals surface area contributed by atoms with Gasteiger partial charge in [-0.25, -0.2) is 0 Å². The summed E-state index contributed by atoms with van der Waals surface area (Å²) < 4.78 is 0. The largest absolute Gasteiger partial charge is 0.396 e. The number of aliphatic hydroxyl groups excluding tert-OH is 1. The van der Waals surface area contributed by atoms with E-state index in [2.05, 4.69) is 24.5 Å². The van der Waals surface area contributed by atoms with E-state index in [1.165, 1.54) is 0 Å². The number of hydrogen-bond donors (Lipinski definition) is 3. The lowest BCUT2D eigenvalue weighted by Gasteiger charge is -2.34. The number of carbonyl (C=O) groups excluding carboxylic acids is 3. The van der Waals surface area contributed by atoms with Crippen LogP contribution < -0.4 is 10.6 Å². The predicted molar refractivity (Wildman–Crippen MR) is 112 cm³/mol. The Labute approximate surface area is 174 Å². The van der Waals surface area contributed by atoms with Crippen LogP contribution in [0.5, 0.6) is 0 Å². The molecule has 0 aromatic heterocycles. The zero-order valence-corrected chi connectivity index (χ0v) is 18.2. The Morgan fingerprint density at radius 3 is 2.52 bits per heavy atom. The van der Waals surface area contributed by atoms with Gasteiger partial charge in [-0.3, -0.25) is 14.4 Å². The van der Waals surface area contributed by atoms with E-state index >= 15 is 0 Å². The van der Waals surface area contributed by atoms with E-state index < -0.39 is 17.9 Å². The van der Waals surface area contributed by atoms with Gasteiger partial charge in [0.2, 0.25) is 17.7 Å². The van der Waals surface area contributed by atoms with Gasteiger partial charge < -0.3 is 20.6 Å². The molecule has 0 bridgehead atoms. The van der Waals surface area contributed by atoms with Crippen LogP contribution in [-0.2, 0) is 14.4 Å². The zero-order valence-electron chi connectivity index (χ0n) is 18.2. The topological polar surface area (TPSA) is 98.7 Å². The second-order valence-corrected chi connectivity index (χ2v) is 8.33. The first-order chi connectivity index (χ1) is 13.9. The molecule has 0 radical (unpaired) electrons. The van der Waals surface area contributed by atoms with E-state index in [1.807, 2.05) is 19.1 Å². The molecule has 1 aliphatic carbocycles. The summed E-state index contributed by atoms with van der Waals surface area (Å²) in [6, 6.07) is -0.610. The van der Waals surface area contributed by atoms with Crippen LogP contribution in [-0.4, -0.2) is 60.0 Å². The van der Waals surface area contributed by atoms with Crippen molar-refractivity contribution >= 4 is 17.7 Å². The number of fused-ring (bicyclic) bond motifs is 1. The highest BCUT2D eigenvalue weighted by atomic mass is 16.3. The van der Waals surface area contributed by atoms with Crippen molar-refractivity contribution in [1.29, 1.82) is 0 Å². The van der Waals surface area contributed by atoms with Crippen LogP contribution in [0.15, 0.2) is 12.2 Å². The number of aliphatic hydroxyl groups is 1. The van der Waals surface area contributed by atoms with Gasteiger partial charge in [-0.15, -0.1) is 0 Å². The molecular weight excluding hydrogens is 370 g/mol. The number of likely N-dealkylation sites (tertiary alicyclic amines) is 1. The molecule has 1 fully saturated rings. The van der Waals surface area contributed by atoms with Gasteiger partial charge in [0.05, 0.1) is 11.8 Å². The number of nitrogens with one attached hydrogen (secondary N) is 2. The van der Waals surface area contributed by atoms with Gasteiger partial charge in [0, 0.05) is 32.2 Å². The van der Waals surface area contributed by atoms with Crippen LogP contribution in [0.3, 0.4) is 0 Å². The Balaban J connectivity index is 2.38. The monoisotopic (exact) mass is 407 g/mol. The molecule has 3 amide bonds. The summed E-state index contributed by atoms with van der Waals surface area (Å²) in [4.78, 5) is 40.9. The van der Waals surface area contributed by atoms with Gasteiger partial charge in [0.25, 0.3) is 0 Å². The standard InChI is InChI=1S/C22H37N3O4/c1-5-8-14(3)24-21(28)19-16-11-10-15(9-6-2)17(20(27)23-4)18(16)22(29)25(19)12-7-13-26/h10-11,14-19,26H,5-9,12-13H2,1-4H3,(H,23,27)(H,24,28)/t14?,15-,16+,17-,18+,19+/m1/s1. The fourth-order valence-electron chi connectivity index (χ4n) is 4.95. The molecule has 0 saturated carbocycles. The van der Waals surface area contributed by atoms with Crippen LogP contribution in [0.25, 0.3) is 0 Å². The molecule has 164 valence electrons. The molecule has 0 aromatic rings. The molecule has 2 aliphatic rings. The Morgan fingerprint density at radius 1 is 1.21 bits per heavy atom. The average Bonchev–Trinajstić information content (AvgIpc) is 2.98. The summed E-state index contributed by atoms with van der Waals surface area (Å²) in [5.41, 5.74) is 0. The number of nitrogens with zero attached hydrogens (tertiary/aromatic N) is 1. The van der Waals surface area contributed by atoms with E-state index in [1.54, 1.807) is 11.9 Å². The lowest BCUT2D eigenvalue weighted by Crippen LogP contribution is -2.50. The first-order valence-corrected chi connectivity index (χ1v) is 11.0. The minimum Gasteiger partial charge on any atom is -0.396 e. The van der Waals surface area contributed by atoms with Gasteiger partial charge >= 0.3 is 0 Å². The summed E-state index contributed by atoms with van der Waals surface area (Å²) in [6.07, 6.45) is 7.99. The molecule has 6 atom stereocenters. The first-order valence-electron chi connectivity index (χ1n) is 11.0. The Hall–Kier alpha value is -1.89. The van der Waals surface area contributed by atoms with Gasteiger partial charge in [-0.2, -0.15) is 0 Å². The zero-order chi connectivity index (χ0) is 21.6. The maximum Gasteiger partial charge on any atom is 0.243 e. The molecular formula is C22H37N3O4. The molecule has 1 unspecified atom stereocenters. The molecule has 7 nitrogen and oxygen atoms in total. The molecule has 0 aromatic carbocycles. The van der Waals surface area contributed by atoms with Crippen molar-refractivity contribution in [3.63, 3.8) is 0 Å². The highest BCUT2D eigenvalue weighted by molar-refractivity contribution is 5.96. The third-order valence-corrected chi connectivity index (χ3v) is 6.22. The van der Waals surface area contributed by atoms with Gasteiger partial charge in [0.1, 0.15) is 6.04 Å². The minimum atomic E-state index is -0.635. The van der Waals surface area contributed by atoms with Crippen LogP contribution in [0.1, 0.15) is 52.9 Å². The van der Waals surface area contributed by atoms with Crippen molar-refractivity contribution in [2.75, 3.05) is 20.2 Å². The third-order valence-electron chi connectivity index (χ3n) is 6.22. The van der Waals surface area contributed by atoms with E-state index in [0.29, 0.717) is 13.0 Å². The van der Waals surface area contributed by atoms with Crippen molar-refractivity contribution in [3.8, 4) is 0 Å². The Morgan fingerprint density at radius 2 is 1.93 bits per heavy atom. The van der Waals surface area contributed by atoms with Crippen molar-refractivity contribution in [2.24, 2.45) is 23.7 Å². The molecule has 2 rings (SSSR count). The molecule has 0 spiro atoms. The van der Waals surface area contributed by atoms with Crippen LogP contribution >= 0.6 is 0 Å². The Kier molecular flexibility index (Phi) is 8.68. The van der Waals surface area contributed by atoms with E-state index in [-0.39, 0.29) is 42.2 Å². The van der Waals surface area contributed by atoms with Crippen LogP contribution in [0, 0.1) is 23.7 Å². The molecule has 1 heterocycles. The highest BCUT2D eigenvalue weighted by Crippen LogP contribution is 2.45. The molecule has 7 heteroatoms. The lowest BCUT2D eigenvalue weighted by atomic mass is 9.68. The normalized spacial score (nSPS) is 29.5. The summed E-state index contributed by atoms with van der Waals surface area (Å²) in [7, 11) is 1.60. The third kappa shape index (κ3) is 5.00. The lowest BCUT2D eigenvalue weighted by molar-refractivity contribution is -0.141. The molecule has 1 saturated heterocycles. The predicted octanol–water partition coefficient (Wildman–Crippen LogP) is 1.47. The minimum absolute atomic E-state index is 0.00864. The van der Waals surface area contributed by atoms with Gasteiger partial charge in [-0.1, -0.05) is 38.8 Å². The number of allylic oxidation sites excluding steroid dienone is 1. The van der Waals surface area contributed by atoms with Crippen molar-refractivity contribution < 1.29 is 19.5 Å². The Bertz CT molecular complexity index is 621. The second kappa shape index (κ2) is 10.8. The second-order valence-electron chi connectivity index (χ2n) is 8.33.